The lowest BCUT2D eigenvalue weighted by Crippen LogP contribution is -2.37. The van der Waals surface area contributed by atoms with E-state index in [4.69, 9.17) is 0 Å². The van der Waals surface area contributed by atoms with E-state index in [1.165, 1.54) is 36.9 Å². The van der Waals surface area contributed by atoms with Gasteiger partial charge in [0, 0.05) is 18.6 Å². The van der Waals surface area contributed by atoms with Crippen LogP contribution in [0.5, 0.6) is 0 Å². The summed E-state index contributed by atoms with van der Waals surface area (Å²) in [7, 11) is 0. The Hall–Kier alpha value is -0.860. The normalized spacial score (nSPS) is 21.2. The minimum atomic E-state index is 0.474. The summed E-state index contributed by atoms with van der Waals surface area (Å²) in [4.78, 5) is 2.64. The molecule has 1 aliphatic heterocycles. The molecule has 0 saturated carbocycles. The molecule has 1 aromatic rings. The fraction of sp³-hybridized carbons (Fsp3) is 0.667. The molecule has 0 aliphatic carbocycles. The Kier molecular flexibility index (Phi) is 6.06. The van der Waals surface area contributed by atoms with Gasteiger partial charge in [0.2, 0.25) is 0 Å². The summed E-state index contributed by atoms with van der Waals surface area (Å²) in [5.74, 6) is 0. The van der Waals surface area contributed by atoms with E-state index in [2.05, 4.69) is 55.3 Å². The van der Waals surface area contributed by atoms with Gasteiger partial charge in [0.15, 0.2) is 0 Å². The second-order valence-corrected chi connectivity index (χ2v) is 6.09. The lowest BCUT2D eigenvalue weighted by molar-refractivity contribution is 0.237. The molecule has 1 heterocycles. The third-order valence-electron chi connectivity index (χ3n) is 4.54. The van der Waals surface area contributed by atoms with E-state index in [9.17, 15) is 0 Å². The molecular weight excluding hydrogens is 244 g/mol. The van der Waals surface area contributed by atoms with Gasteiger partial charge in [-0.25, -0.2) is 0 Å². The van der Waals surface area contributed by atoms with Crippen molar-refractivity contribution in [2.45, 2.75) is 58.5 Å². The second kappa shape index (κ2) is 7.80. The number of likely N-dealkylation sites (tertiary alicyclic amines) is 1. The highest BCUT2D eigenvalue weighted by Gasteiger charge is 2.23. The highest BCUT2D eigenvalue weighted by atomic mass is 15.2. The van der Waals surface area contributed by atoms with Gasteiger partial charge in [-0.1, -0.05) is 38.1 Å². The summed E-state index contributed by atoms with van der Waals surface area (Å²) in [6.45, 7) is 10.3. The van der Waals surface area contributed by atoms with E-state index in [1.807, 2.05) is 0 Å². The molecule has 1 N–H and O–H groups in total. The third-order valence-corrected chi connectivity index (χ3v) is 4.54. The van der Waals surface area contributed by atoms with Crippen LogP contribution >= 0.6 is 0 Å². The topological polar surface area (TPSA) is 15.3 Å². The van der Waals surface area contributed by atoms with Crippen molar-refractivity contribution in [3.8, 4) is 0 Å². The molecule has 1 aromatic carbocycles. The minimum absolute atomic E-state index is 0.474. The maximum absolute atomic E-state index is 3.73. The van der Waals surface area contributed by atoms with Gasteiger partial charge < -0.3 is 5.32 Å². The van der Waals surface area contributed by atoms with Crippen molar-refractivity contribution in [2.75, 3.05) is 19.6 Å². The van der Waals surface area contributed by atoms with Crippen LogP contribution in [0.15, 0.2) is 24.3 Å². The first-order valence-corrected chi connectivity index (χ1v) is 8.30. The molecule has 0 amide bonds. The van der Waals surface area contributed by atoms with Crippen LogP contribution in [0.1, 0.15) is 57.2 Å². The third kappa shape index (κ3) is 4.07. The average molecular weight is 274 g/mol. The Labute approximate surface area is 124 Å². The Morgan fingerprint density at radius 2 is 2.00 bits per heavy atom. The van der Waals surface area contributed by atoms with Crippen LogP contribution in [-0.4, -0.2) is 30.6 Å². The summed E-state index contributed by atoms with van der Waals surface area (Å²) in [6.07, 6.45) is 5.03. The van der Waals surface area contributed by atoms with Crippen molar-refractivity contribution < 1.29 is 0 Å². The van der Waals surface area contributed by atoms with Crippen LogP contribution in [0.2, 0.25) is 0 Å². The first kappa shape index (κ1) is 15.5. The van der Waals surface area contributed by atoms with Crippen LogP contribution in [0.4, 0.5) is 0 Å². The van der Waals surface area contributed by atoms with Crippen molar-refractivity contribution in [3.63, 3.8) is 0 Å². The molecule has 0 spiro atoms. The van der Waals surface area contributed by atoms with Crippen LogP contribution in [0.3, 0.4) is 0 Å². The Morgan fingerprint density at radius 3 is 2.55 bits per heavy atom. The van der Waals surface area contributed by atoms with Crippen LogP contribution in [-0.2, 0) is 6.42 Å². The number of hydrogen-bond donors (Lipinski definition) is 1. The predicted molar refractivity (Wildman–Crippen MR) is 87.1 cm³/mol. The smallest absolute Gasteiger partial charge is 0.0449 e. The molecule has 0 radical (unpaired) electrons. The molecule has 1 fully saturated rings. The highest BCUT2D eigenvalue weighted by molar-refractivity contribution is 5.25. The molecular formula is C18H30N2. The van der Waals surface area contributed by atoms with Gasteiger partial charge in [0.25, 0.3) is 0 Å². The lowest BCUT2D eigenvalue weighted by atomic mass is 10.0. The number of benzene rings is 1. The molecule has 112 valence electrons. The van der Waals surface area contributed by atoms with Gasteiger partial charge in [-0.15, -0.1) is 0 Å². The van der Waals surface area contributed by atoms with Crippen LogP contribution < -0.4 is 5.32 Å². The Balaban J connectivity index is 2.04. The van der Waals surface area contributed by atoms with Gasteiger partial charge >= 0.3 is 0 Å². The first-order chi connectivity index (χ1) is 9.74. The highest BCUT2D eigenvalue weighted by Crippen LogP contribution is 2.22. The average Bonchev–Trinajstić information content (AvgIpc) is 2.89. The van der Waals surface area contributed by atoms with Crippen LogP contribution in [0.25, 0.3) is 0 Å². The summed E-state index contributed by atoms with van der Waals surface area (Å²) in [5.41, 5.74) is 2.87. The number of aryl methyl sites for hydroxylation is 1. The van der Waals surface area contributed by atoms with E-state index < -0.39 is 0 Å². The lowest BCUT2D eigenvalue weighted by Gasteiger charge is -2.28. The van der Waals surface area contributed by atoms with Gasteiger partial charge in [0.1, 0.15) is 0 Å². The molecule has 1 aliphatic rings. The molecule has 2 nitrogen and oxygen atoms in total. The molecule has 20 heavy (non-hydrogen) atoms. The summed E-state index contributed by atoms with van der Waals surface area (Å²) < 4.78 is 0. The Bertz CT molecular complexity index is 385. The number of nitrogens with one attached hydrogen (secondary N) is 1. The van der Waals surface area contributed by atoms with E-state index in [1.54, 1.807) is 0 Å². The molecule has 2 rings (SSSR count). The van der Waals surface area contributed by atoms with E-state index in [-0.39, 0.29) is 0 Å². The maximum atomic E-state index is 3.73. The largest absolute Gasteiger partial charge is 0.309 e. The van der Waals surface area contributed by atoms with Gasteiger partial charge in [-0.3, -0.25) is 4.90 Å². The van der Waals surface area contributed by atoms with Crippen molar-refractivity contribution in [3.05, 3.63) is 35.4 Å². The molecule has 2 atom stereocenters. The van der Waals surface area contributed by atoms with Gasteiger partial charge in [-0.05, 0) is 56.8 Å². The molecule has 2 heteroatoms. The number of nitrogens with zero attached hydrogens (tertiary/aromatic N) is 1. The van der Waals surface area contributed by atoms with Crippen molar-refractivity contribution in [1.29, 1.82) is 0 Å². The fourth-order valence-corrected chi connectivity index (χ4v) is 3.09. The summed E-state index contributed by atoms with van der Waals surface area (Å²) in [5, 5.41) is 3.73. The first-order valence-electron chi connectivity index (χ1n) is 8.30. The van der Waals surface area contributed by atoms with E-state index >= 15 is 0 Å². The standard InChI is InChI=1S/C18H30N2/c1-4-12-19-18(14-20-13-6-7-15(20)3)17-10-8-16(5-2)9-11-17/h8-11,15,18-19H,4-7,12-14H2,1-3H3. The molecule has 0 aromatic heterocycles. The molecule has 1 saturated heterocycles. The zero-order valence-electron chi connectivity index (χ0n) is 13.4. The Morgan fingerprint density at radius 1 is 1.25 bits per heavy atom. The SMILES string of the molecule is CCCNC(CN1CCCC1C)c1ccc(CC)cc1. The van der Waals surface area contributed by atoms with Crippen molar-refractivity contribution in [1.82, 2.24) is 10.2 Å². The summed E-state index contributed by atoms with van der Waals surface area (Å²) >= 11 is 0. The van der Waals surface area contributed by atoms with Crippen LogP contribution in [0, 0.1) is 0 Å². The van der Waals surface area contributed by atoms with E-state index in [0.29, 0.717) is 6.04 Å². The van der Waals surface area contributed by atoms with Gasteiger partial charge in [-0.2, -0.15) is 0 Å². The van der Waals surface area contributed by atoms with Crippen molar-refractivity contribution in [2.24, 2.45) is 0 Å². The van der Waals surface area contributed by atoms with Gasteiger partial charge in [0.05, 0.1) is 0 Å². The zero-order valence-corrected chi connectivity index (χ0v) is 13.4. The number of rotatable bonds is 7. The quantitative estimate of drug-likeness (QED) is 0.814. The predicted octanol–water partition coefficient (Wildman–Crippen LogP) is 3.77. The van der Waals surface area contributed by atoms with Crippen molar-refractivity contribution >= 4 is 0 Å². The summed E-state index contributed by atoms with van der Waals surface area (Å²) in [6, 6.07) is 10.4. The fourth-order valence-electron chi connectivity index (χ4n) is 3.09. The molecule has 2 unspecified atom stereocenters. The maximum Gasteiger partial charge on any atom is 0.0449 e. The molecule has 0 bridgehead atoms. The second-order valence-electron chi connectivity index (χ2n) is 6.09. The zero-order chi connectivity index (χ0) is 14.4. The number of hydrogen-bond acceptors (Lipinski definition) is 2. The minimum Gasteiger partial charge on any atom is -0.309 e. The van der Waals surface area contributed by atoms with E-state index in [0.717, 1.165) is 25.6 Å². The monoisotopic (exact) mass is 274 g/mol.